The normalized spacial score (nSPS) is 17.3. The van der Waals surface area contributed by atoms with Crippen molar-refractivity contribution < 1.29 is 9.59 Å². The van der Waals surface area contributed by atoms with E-state index in [1.54, 1.807) is 35.5 Å². The lowest BCUT2D eigenvalue weighted by molar-refractivity contribution is -0.130. The van der Waals surface area contributed by atoms with Crippen molar-refractivity contribution in [2.24, 2.45) is 13.0 Å². The number of hydrogen-bond donors (Lipinski definition) is 1. The summed E-state index contributed by atoms with van der Waals surface area (Å²) in [4.78, 5) is 34.9. The molecule has 9 heteroatoms. The molecule has 1 aliphatic rings. The highest BCUT2D eigenvalue weighted by atomic mass is 32.2. The van der Waals surface area contributed by atoms with E-state index in [4.69, 9.17) is 0 Å². The van der Waals surface area contributed by atoms with E-state index >= 15 is 0 Å². The summed E-state index contributed by atoms with van der Waals surface area (Å²) in [7, 11) is 1.80. The molecule has 2 amide bonds. The van der Waals surface area contributed by atoms with Gasteiger partial charge >= 0.3 is 0 Å². The van der Waals surface area contributed by atoms with E-state index in [1.165, 1.54) is 11.8 Å². The number of nitrogens with one attached hydrogen (secondary N) is 1. The van der Waals surface area contributed by atoms with Crippen molar-refractivity contribution in [3.63, 3.8) is 0 Å². The van der Waals surface area contributed by atoms with Crippen molar-refractivity contribution >= 4 is 34.9 Å². The van der Waals surface area contributed by atoms with E-state index in [0.29, 0.717) is 24.5 Å². The zero-order valence-electron chi connectivity index (χ0n) is 15.0. The highest BCUT2D eigenvalue weighted by Gasteiger charge is 2.24. The molecule has 0 radical (unpaired) electrons. The topological polar surface area (TPSA) is 80.1 Å². The van der Waals surface area contributed by atoms with Crippen LogP contribution in [0.4, 0.5) is 0 Å². The van der Waals surface area contributed by atoms with Gasteiger partial charge in [0.2, 0.25) is 5.91 Å². The molecule has 0 bridgehead atoms. The van der Waals surface area contributed by atoms with Gasteiger partial charge in [0.25, 0.3) is 5.91 Å². The van der Waals surface area contributed by atoms with Gasteiger partial charge in [-0.05, 0) is 25.7 Å². The summed E-state index contributed by atoms with van der Waals surface area (Å²) in [5, 5.41) is 4.96. The molecule has 1 N–H and O–H groups in total. The second kappa shape index (κ2) is 8.68. The Hall–Kier alpha value is -1.87. The van der Waals surface area contributed by atoms with Crippen LogP contribution in [0, 0.1) is 12.8 Å². The Bertz CT molecular complexity index is 773. The van der Waals surface area contributed by atoms with Crippen molar-refractivity contribution in [1.82, 2.24) is 24.8 Å². The quantitative estimate of drug-likeness (QED) is 0.759. The van der Waals surface area contributed by atoms with Crippen molar-refractivity contribution in [3.8, 4) is 0 Å². The molecule has 0 aliphatic carbocycles. The highest BCUT2D eigenvalue weighted by Crippen LogP contribution is 2.24. The third-order valence-corrected chi connectivity index (χ3v) is 6.51. The first-order chi connectivity index (χ1) is 12.5. The van der Waals surface area contributed by atoms with E-state index in [9.17, 15) is 9.59 Å². The molecule has 1 fully saturated rings. The van der Waals surface area contributed by atoms with Crippen molar-refractivity contribution in [2.45, 2.75) is 24.1 Å². The number of thiazole rings is 1. The van der Waals surface area contributed by atoms with Crippen LogP contribution in [-0.4, -0.2) is 56.6 Å². The summed E-state index contributed by atoms with van der Waals surface area (Å²) in [6, 6.07) is 0. The molecule has 1 saturated heterocycles. The lowest BCUT2D eigenvalue weighted by Gasteiger charge is -2.32. The minimum atomic E-state index is -0.122. The molecule has 7 nitrogen and oxygen atoms in total. The van der Waals surface area contributed by atoms with Gasteiger partial charge in [-0.2, -0.15) is 0 Å². The molecule has 26 heavy (non-hydrogen) atoms. The van der Waals surface area contributed by atoms with Gasteiger partial charge in [0, 0.05) is 37.8 Å². The average molecular weight is 394 g/mol. The van der Waals surface area contributed by atoms with Gasteiger partial charge in [-0.25, -0.2) is 9.97 Å². The number of thioether (sulfide) groups is 1. The third-order valence-electron chi connectivity index (χ3n) is 4.39. The monoisotopic (exact) mass is 393 g/mol. The number of aryl methyl sites for hydroxylation is 2. The fourth-order valence-corrected chi connectivity index (χ4v) is 4.73. The molecule has 0 aromatic carbocycles. The molecule has 2 aromatic rings. The van der Waals surface area contributed by atoms with Gasteiger partial charge in [0.15, 0.2) is 4.34 Å². The summed E-state index contributed by atoms with van der Waals surface area (Å²) in [5.41, 5.74) is 1.54. The molecule has 140 valence electrons. The standard InChI is InChI=1S/C17H23N5O2S2/c1-12-9-25-17(20-12)26-10-15(23)22-5-3-4-13(8-22)6-19-16(24)14-7-18-11-21(14)2/h7,9,11,13H,3-6,8,10H2,1-2H3,(H,19,24). The van der Waals surface area contributed by atoms with E-state index in [1.807, 2.05) is 17.2 Å². The number of nitrogens with zero attached hydrogens (tertiary/aromatic N) is 4. The average Bonchev–Trinajstić information content (AvgIpc) is 3.26. The molecule has 1 unspecified atom stereocenters. The number of carbonyl (C=O) groups excluding carboxylic acids is 2. The second-order valence-corrected chi connectivity index (χ2v) is 8.57. The van der Waals surface area contributed by atoms with Crippen LogP contribution in [0.2, 0.25) is 0 Å². The maximum Gasteiger partial charge on any atom is 0.269 e. The fourth-order valence-electron chi connectivity index (χ4n) is 2.98. The summed E-state index contributed by atoms with van der Waals surface area (Å²) in [5.74, 6) is 0.728. The summed E-state index contributed by atoms with van der Waals surface area (Å²) in [6.45, 7) is 4.02. The molecule has 1 atom stereocenters. The van der Waals surface area contributed by atoms with Crippen molar-refractivity contribution in [2.75, 3.05) is 25.4 Å². The van der Waals surface area contributed by atoms with Gasteiger partial charge in [-0.3, -0.25) is 9.59 Å². The van der Waals surface area contributed by atoms with Crippen LogP contribution in [-0.2, 0) is 11.8 Å². The van der Waals surface area contributed by atoms with Crippen LogP contribution < -0.4 is 5.32 Å². The Kier molecular flexibility index (Phi) is 6.31. The maximum absolute atomic E-state index is 12.5. The number of carbonyl (C=O) groups is 2. The fraction of sp³-hybridized carbons (Fsp3) is 0.529. The number of hydrogen-bond acceptors (Lipinski definition) is 6. The Labute approximate surface area is 161 Å². The van der Waals surface area contributed by atoms with E-state index in [0.717, 1.165) is 29.4 Å². The molecule has 3 heterocycles. The SMILES string of the molecule is Cc1csc(SCC(=O)N2CCCC(CNC(=O)c3cncn3C)C2)n1. The molecular formula is C17H23N5O2S2. The van der Waals surface area contributed by atoms with Gasteiger partial charge < -0.3 is 14.8 Å². The highest BCUT2D eigenvalue weighted by molar-refractivity contribution is 8.01. The Morgan fingerprint density at radius 3 is 3.00 bits per heavy atom. The molecule has 0 spiro atoms. The van der Waals surface area contributed by atoms with E-state index in [2.05, 4.69) is 15.3 Å². The Morgan fingerprint density at radius 1 is 1.46 bits per heavy atom. The van der Waals surface area contributed by atoms with E-state index in [-0.39, 0.29) is 17.7 Å². The summed E-state index contributed by atoms with van der Waals surface area (Å²) >= 11 is 3.08. The van der Waals surface area contributed by atoms with Gasteiger partial charge in [0.1, 0.15) is 5.69 Å². The molecule has 0 saturated carbocycles. The van der Waals surface area contributed by atoms with Crippen LogP contribution in [0.15, 0.2) is 22.2 Å². The zero-order chi connectivity index (χ0) is 18.5. The lowest BCUT2D eigenvalue weighted by Crippen LogP contribution is -2.44. The van der Waals surface area contributed by atoms with Gasteiger partial charge in [-0.15, -0.1) is 11.3 Å². The Morgan fingerprint density at radius 2 is 2.31 bits per heavy atom. The smallest absolute Gasteiger partial charge is 0.269 e. The van der Waals surface area contributed by atoms with Crippen molar-refractivity contribution in [1.29, 1.82) is 0 Å². The predicted octanol–water partition coefficient (Wildman–Crippen LogP) is 1.95. The minimum Gasteiger partial charge on any atom is -0.350 e. The number of amides is 2. The molecule has 2 aromatic heterocycles. The number of piperidine rings is 1. The van der Waals surface area contributed by atoms with Crippen LogP contribution in [0.3, 0.4) is 0 Å². The number of likely N-dealkylation sites (tertiary alicyclic amines) is 1. The summed E-state index contributed by atoms with van der Waals surface area (Å²) in [6.07, 6.45) is 5.16. The lowest BCUT2D eigenvalue weighted by atomic mass is 9.98. The third kappa shape index (κ3) is 4.85. The van der Waals surface area contributed by atoms with Crippen LogP contribution in [0.5, 0.6) is 0 Å². The number of imidazole rings is 1. The predicted molar refractivity (Wildman–Crippen MR) is 102 cm³/mol. The first-order valence-electron chi connectivity index (χ1n) is 8.60. The molecule has 3 rings (SSSR count). The Balaban J connectivity index is 1.45. The van der Waals surface area contributed by atoms with Crippen LogP contribution in [0.25, 0.3) is 0 Å². The number of rotatable bonds is 6. The minimum absolute atomic E-state index is 0.122. The van der Waals surface area contributed by atoms with Crippen LogP contribution in [0.1, 0.15) is 29.0 Å². The van der Waals surface area contributed by atoms with Crippen LogP contribution >= 0.6 is 23.1 Å². The first kappa shape index (κ1) is 18.9. The van der Waals surface area contributed by atoms with Crippen molar-refractivity contribution in [3.05, 3.63) is 29.3 Å². The second-order valence-electron chi connectivity index (χ2n) is 6.49. The zero-order valence-corrected chi connectivity index (χ0v) is 16.6. The van der Waals surface area contributed by atoms with Gasteiger partial charge in [-0.1, -0.05) is 11.8 Å². The van der Waals surface area contributed by atoms with E-state index < -0.39 is 0 Å². The molecular weight excluding hydrogens is 370 g/mol. The summed E-state index contributed by atoms with van der Waals surface area (Å²) < 4.78 is 2.64. The largest absolute Gasteiger partial charge is 0.350 e. The maximum atomic E-state index is 12.5. The molecule has 1 aliphatic heterocycles. The van der Waals surface area contributed by atoms with Gasteiger partial charge in [0.05, 0.1) is 18.3 Å². The first-order valence-corrected chi connectivity index (χ1v) is 10.5. The number of aromatic nitrogens is 3.